The second-order valence-corrected chi connectivity index (χ2v) is 3.38. The van der Waals surface area contributed by atoms with Crippen LogP contribution in [-0.4, -0.2) is 19.0 Å². The third-order valence-electron chi connectivity index (χ3n) is 2.02. The fraction of sp³-hybridized carbons (Fsp3) is 0.182. The summed E-state index contributed by atoms with van der Waals surface area (Å²) >= 11 is 0. The van der Waals surface area contributed by atoms with Crippen molar-refractivity contribution in [1.29, 1.82) is 5.26 Å². The van der Waals surface area contributed by atoms with Crippen molar-refractivity contribution in [3.8, 4) is 6.07 Å². The van der Waals surface area contributed by atoms with E-state index in [1.54, 1.807) is 12.1 Å². The molecule has 1 aromatic rings. The fourth-order valence-corrected chi connectivity index (χ4v) is 1.15. The maximum Gasteiger partial charge on any atom is 0.346 e. The van der Waals surface area contributed by atoms with E-state index in [1.165, 1.54) is 12.1 Å². The molecule has 0 heterocycles. The fourth-order valence-electron chi connectivity index (χ4n) is 1.15. The number of nitrogens with zero attached hydrogens (tertiary/aromatic N) is 3. The maximum absolute atomic E-state index is 10.4. The summed E-state index contributed by atoms with van der Waals surface area (Å²) in [6.45, 7) is 0. The van der Waals surface area contributed by atoms with E-state index in [9.17, 15) is 10.1 Å². The number of anilines is 1. The van der Waals surface area contributed by atoms with Gasteiger partial charge in [-0.15, -0.1) is 0 Å². The highest BCUT2D eigenvalue weighted by Gasteiger charge is 2.08. The number of hydrogen-bond acceptors (Lipinski definition) is 4. The van der Waals surface area contributed by atoms with Crippen molar-refractivity contribution in [3.63, 3.8) is 0 Å². The van der Waals surface area contributed by atoms with E-state index in [2.05, 4.69) is 0 Å². The van der Waals surface area contributed by atoms with Gasteiger partial charge in [-0.1, -0.05) is 12.1 Å². The quantitative estimate of drug-likeness (QED) is 0.440. The van der Waals surface area contributed by atoms with Crippen molar-refractivity contribution in [2.75, 3.05) is 19.0 Å². The summed E-state index contributed by atoms with van der Waals surface area (Å²) in [5.41, 5.74) is 1.17. The van der Waals surface area contributed by atoms with E-state index in [0.717, 1.165) is 5.69 Å². The lowest BCUT2D eigenvalue weighted by Crippen LogP contribution is -2.07. The maximum atomic E-state index is 10.4. The third-order valence-corrected chi connectivity index (χ3v) is 2.02. The van der Waals surface area contributed by atoms with Crippen LogP contribution in [0.15, 0.2) is 30.0 Å². The lowest BCUT2D eigenvalue weighted by molar-refractivity contribution is -0.415. The first kappa shape index (κ1) is 11.7. The zero-order chi connectivity index (χ0) is 12.1. The van der Waals surface area contributed by atoms with E-state index >= 15 is 0 Å². The second kappa shape index (κ2) is 4.94. The van der Waals surface area contributed by atoms with E-state index in [-0.39, 0.29) is 0 Å². The number of nitriles is 1. The Labute approximate surface area is 93.4 Å². The van der Waals surface area contributed by atoms with Crippen molar-refractivity contribution in [2.24, 2.45) is 0 Å². The Bertz CT molecular complexity index is 455. The summed E-state index contributed by atoms with van der Waals surface area (Å²) in [6.07, 6.45) is 1.25. The molecule has 82 valence electrons. The summed E-state index contributed by atoms with van der Waals surface area (Å²) in [4.78, 5) is 11.6. The predicted octanol–water partition coefficient (Wildman–Crippen LogP) is 1.89. The molecule has 0 aliphatic rings. The Morgan fingerprint density at radius 3 is 2.38 bits per heavy atom. The molecule has 0 saturated carbocycles. The van der Waals surface area contributed by atoms with Gasteiger partial charge in [0, 0.05) is 25.9 Å². The second-order valence-electron chi connectivity index (χ2n) is 3.38. The van der Waals surface area contributed by atoms with Crippen molar-refractivity contribution in [1.82, 2.24) is 0 Å². The zero-order valence-electron chi connectivity index (χ0n) is 9.04. The highest BCUT2D eigenvalue weighted by Crippen LogP contribution is 2.14. The van der Waals surface area contributed by atoms with Crippen LogP contribution in [0.3, 0.4) is 0 Å². The van der Waals surface area contributed by atoms with Crippen molar-refractivity contribution in [3.05, 3.63) is 45.6 Å². The van der Waals surface area contributed by atoms with E-state index < -0.39 is 10.6 Å². The van der Waals surface area contributed by atoms with Crippen LogP contribution in [0.1, 0.15) is 5.56 Å². The molecule has 16 heavy (non-hydrogen) atoms. The first-order valence-corrected chi connectivity index (χ1v) is 4.58. The average Bonchev–Trinajstić information content (AvgIpc) is 2.26. The Morgan fingerprint density at radius 1 is 1.44 bits per heavy atom. The van der Waals surface area contributed by atoms with Crippen LogP contribution in [0.2, 0.25) is 0 Å². The number of allylic oxidation sites excluding steroid dienone is 1. The Hall–Kier alpha value is -2.35. The van der Waals surface area contributed by atoms with Gasteiger partial charge >= 0.3 is 5.70 Å². The summed E-state index contributed by atoms with van der Waals surface area (Å²) in [6, 6.07) is 8.67. The van der Waals surface area contributed by atoms with Crippen LogP contribution in [0, 0.1) is 21.4 Å². The lowest BCUT2D eigenvalue weighted by atomic mass is 10.2. The van der Waals surface area contributed by atoms with Crippen molar-refractivity contribution >= 4 is 11.8 Å². The first-order valence-electron chi connectivity index (χ1n) is 4.58. The highest BCUT2D eigenvalue weighted by molar-refractivity contribution is 5.58. The van der Waals surface area contributed by atoms with Gasteiger partial charge in [-0.3, -0.25) is 10.1 Å². The van der Waals surface area contributed by atoms with Crippen LogP contribution < -0.4 is 4.90 Å². The largest absolute Gasteiger partial charge is 0.378 e. The topological polar surface area (TPSA) is 70.2 Å². The minimum absolute atomic E-state index is 0.461. The van der Waals surface area contributed by atoms with Gasteiger partial charge in [0.2, 0.25) is 0 Å². The van der Waals surface area contributed by atoms with Crippen LogP contribution in [0.4, 0.5) is 5.69 Å². The minimum atomic E-state index is -0.695. The van der Waals surface area contributed by atoms with Gasteiger partial charge in [0.25, 0.3) is 0 Å². The standard InChI is InChI=1S/C11H11N3O2/c1-13(2)10-5-3-9(4-6-10)7-11(8-12)14(15)16/h3-7H,1-2H3/b11-7-. The average molecular weight is 217 g/mol. The van der Waals surface area contributed by atoms with Crippen LogP contribution >= 0.6 is 0 Å². The SMILES string of the molecule is CN(C)c1ccc(/C=C(/C#N)[N+](=O)[O-])cc1. The molecule has 0 spiro atoms. The van der Waals surface area contributed by atoms with Gasteiger partial charge in [-0.05, 0) is 17.7 Å². The zero-order valence-corrected chi connectivity index (χ0v) is 9.04. The smallest absolute Gasteiger partial charge is 0.346 e. The van der Waals surface area contributed by atoms with Crippen LogP contribution in [-0.2, 0) is 0 Å². The molecule has 0 unspecified atom stereocenters. The van der Waals surface area contributed by atoms with Crippen molar-refractivity contribution in [2.45, 2.75) is 0 Å². The predicted molar refractivity (Wildman–Crippen MR) is 61.4 cm³/mol. The molecule has 0 fully saturated rings. The molecule has 0 aliphatic heterocycles. The molecule has 1 rings (SSSR count). The van der Waals surface area contributed by atoms with Gasteiger partial charge < -0.3 is 4.90 Å². The van der Waals surface area contributed by atoms with Crippen molar-refractivity contribution < 1.29 is 4.92 Å². The van der Waals surface area contributed by atoms with Gasteiger partial charge in [0.05, 0.1) is 4.92 Å². The summed E-state index contributed by atoms with van der Waals surface area (Å²) < 4.78 is 0. The van der Waals surface area contributed by atoms with Gasteiger partial charge in [0.1, 0.15) is 0 Å². The molecule has 0 amide bonds. The van der Waals surface area contributed by atoms with Gasteiger partial charge in [0.15, 0.2) is 6.07 Å². The molecule has 0 aromatic heterocycles. The highest BCUT2D eigenvalue weighted by atomic mass is 16.6. The van der Waals surface area contributed by atoms with E-state index in [1.807, 2.05) is 31.1 Å². The number of benzene rings is 1. The number of rotatable bonds is 3. The molecular weight excluding hydrogens is 206 g/mol. The molecule has 1 aromatic carbocycles. The summed E-state index contributed by atoms with van der Waals surface area (Å²) in [5.74, 6) is 0. The van der Waals surface area contributed by atoms with E-state index in [0.29, 0.717) is 5.56 Å². The molecular formula is C11H11N3O2. The first-order chi connectivity index (χ1) is 7.54. The van der Waals surface area contributed by atoms with Gasteiger partial charge in [-0.25, -0.2) is 0 Å². The third kappa shape index (κ3) is 2.82. The van der Waals surface area contributed by atoms with Crippen LogP contribution in [0.25, 0.3) is 6.08 Å². The van der Waals surface area contributed by atoms with Gasteiger partial charge in [-0.2, -0.15) is 5.26 Å². The minimum Gasteiger partial charge on any atom is -0.378 e. The monoisotopic (exact) mass is 217 g/mol. The molecule has 5 nitrogen and oxygen atoms in total. The number of hydrogen-bond donors (Lipinski definition) is 0. The summed E-state index contributed by atoms with van der Waals surface area (Å²) in [5, 5.41) is 18.9. The number of nitro groups is 1. The Morgan fingerprint density at radius 2 is 2.00 bits per heavy atom. The molecule has 0 saturated heterocycles. The molecule has 0 aliphatic carbocycles. The molecule has 0 atom stereocenters. The lowest BCUT2D eigenvalue weighted by Gasteiger charge is -2.11. The Kier molecular flexibility index (Phi) is 3.62. The molecule has 5 heteroatoms. The molecule has 0 radical (unpaired) electrons. The molecule has 0 N–H and O–H groups in total. The van der Waals surface area contributed by atoms with Crippen LogP contribution in [0.5, 0.6) is 0 Å². The van der Waals surface area contributed by atoms with E-state index in [4.69, 9.17) is 5.26 Å². The summed E-state index contributed by atoms with van der Waals surface area (Å²) in [7, 11) is 3.81. The Balaban J connectivity index is 3.00. The normalized spacial score (nSPS) is 10.7. The molecule has 0 bridgehead atoms.